The predicted molar refractivity (Wildman–Crippen MR) is 89.0 cm³/mol. The van der Waals surface area contributed by atoms with Gasteiger partial charge in [0.2, 0.25) is 5.91 Å². The molecule has 3 aromatic rings. The summed E-state index contributed by atoms with van der Waals surface area (Å²) in [5.74, 6) is -0.384. The van der Waals surface area contributed by atoms with Gasteiger partial charge in [-0.25, -0.2) is 13.9 Å². The smallest absolute Gasteiger partial charge is 0.226 e. The van der Waals surface area contributed by atoms with Crippen molar-refractivity contribution >= 4 is 29.0 Å². The number of amides is 1. The number of carbonyl (C=O) groups is 1. The van der Waals surface area contributed by atoms with Crippen LogP contribution >= 0.6 is 11.6 Å². The Kier molecular flexibility index (Phi) is 3.31. The average Bonchev–Trinajstić information content (AvgIpc) is 2.85. The molecule has 24 heavy (non-hydrogen) atoms. The highest BCUT2D eigenvalue weighted by molar-refractivity contribution is 6.31. The maximum Gasteiger partial charge on any atom is 0.226 e. The number of aryl methyl sites for hydroxylation is 2. The van der Waals surface area contributed by atoms with Crippen molar-refractivity contribution in [3.63, 3.8) is 0 Å². The molecule has 4 rings (SSSR count). The Balaban J connectivity index is 2.00. The van der Waals surface area contributed by atoms with Gasteiger partial charge in [0.15, 0.2) is 11.5 Å². The van der Waals surface area contributed by atoms with Gasteiger partial charge in [-0.1, -0.05) is 17.7 Å². The second-order valence-corrected chi connectivity index (χ2v) is 6.41. The number of carbonyl (C=O) groups excluding carboxylic acids is 1. The van der Waals surface area contributed by atoms with Crippen LogP contribution in [0.5, 0.6) is 0 Å². The molecule has 0 fully saturated rings. The molecule has 0 spiro atoms. The van der Waals surface area contributed by atoms with Gasteiger partial charge < -0.3 is 5.32 Å². The maximum atomic E-state index is 13.4. The molecule has 122 valence electrons. The number of fused-ring (bicyclic) bond motifs is 3. The highest BCUT2D eigenvalue weighted by atomic mass is 35.5. The Labute approximate surface area is 142 Å². The van der Waals surface area contributed by atoms with Crippen molar-refractivity contribution in [2.45, 2.75) is 26.2 Å². The van der Waals surface area contributed by atoms with E-state index >= 15 is 0 Å². The summed E-state index contributed by atoms with van der Waals surface area (Å²) in [4.78, 5) is 16.7. The highest BCUT2D eigenvalue weighted by Crippen LogP contribution is 2.41. The van der Waals surface area contributed by atoms with Gasteiger partial charge in [-0.3, -0.25) is 4.79 Å². The van der Waals surface area contributed by atoms with Crippen LogP contribution in [0.1, 0.15) is 34.9 Å². The molecule has 0 bridgehead atoms. The molecule has 0 saturated carbocycles. The van der Waals surface area contributed by atoms with Gasteiger partial charge >= 0.3 is 0 Å². The lowest BCUT2D eigenvalue weighted by Gasteiger charge is -2.23. The molecule has 0 radical (unpaired) electrons. The number of benzene rings is 1. The van der Waals surface area contributed by atoms with E-state index < -0.39 is 5.82 Å². The van der Waals surface area contributed by atoms with E-state index in [1.165, 1.54) is 12.1 Å². The lowest BCUT2D eigenvalue weighted by molar-refractivity contribution is -0.116. The fourth-order valence-corrected chi connectivity index (χ4v) is 3.57. The summed E-state index contributed by atoms with van der Waals surface area (Å²) < 4.78 is 15.1. The normalized spacial score (nSPS) is 17.0. The molecule has 1 aliphatic heterocycles. The van der Waals surface area contributed by atoms with Crippen LogP contribution in [-0.2, 0) is 4.79 Å². The topological polar surface area (TPSA) is 59.3 Å². The number of halogens is 2. The fraction of sp³-hybridized carbons (Fsp3) is 0.235. The van der Waals surface area contributed by atoms with Crippen LogP contribution in [0.2, 0.25) is 5.02 Å². The average molecular weight is 345 g/mol. The molecule has 7 heteroatoms. The summed E-state index contributed by atoms with van der Waals surface area (Å²) in [6.45, 7) is 3.84. The number of hydrogen-bond acceptors (Lipinski definition) is 3. The molecule has 1 unspecified atom stereocenters. The van der Waals surface area contributed by atoms with E-state index in [2.05, 4.69) is 15.4 Å². The maximum absolute atomic E-state index is 13.4. The summed E-state index contributed by atoms with van der Waals surface area (Å²) >= 11 is 6.24. The minimum Gasteiger partial charge on any atom is -0.309 e. The third kappa shape index (κ3) is 2.26. The standard InChI is InChI=1S/C17H14ClFN4O/c1-8-5-9(2)23-17(20-8)15-12(7-14(24)21-16(15)22-23)11-4-3-10(19)6-13(11)18/h3-6,12H,7H2,1-2H3,(H,21,22,24). The molecular formula is C17H14ClFN4O. The second-order valence-electron chi connectivity index (χ2n) is 6.01. The minimum absolute atomic E-state index is 0.148. The van der Waals surface area contributed by atoms with Gasteiger partial charge in [-0.15, -0.1) is 5.10 Å². The zero-order chi connectivity index (χ0) is 17.0. The van der Waals surface area contributed by atoms with Crippen molar-refractivity contribution in [2.24, 2.45) is 0 Å². The van der Waals surface area contributed by atoms with Gasteiger partial charge in [0.25, 0.3) is 0 Å². The molecule has 1 aromatic carbocycles. The molecule has 2 aromatic heterocycles. The lowest BCUT2D eigenvalue weighted by Crippen LogP contribution is -2.23. The van der Waals surface area contributed by atoms with Crippen LogP contribution in [0.25, 0.3) is 5.65 Å². The zero-order valence-corrected chi connectivity index (χ0v) is 13.9. The summed E-state index contributed by atoms with van der Waals surface area (Å²) in [5.41, 5.74) is 3.99. The molecule has 1 atom stereocenters. The molecule has 5 nitrogen and oxygen atoms in total. The van der Waals surface area contributed by atoms with Crippen LogP contribution in [0, 0.1) is 19.7 Å². The summed E-state index contributed by atoms with van der Waals surface area (Å²) in [5, 5.41) is 7.57. The first-order valence-corrected chi connectivity index (χ1v) is 7.93. The molecular weight excluding hydrogens is 331 g/mol. The van der Waals surface area contributed by atoms with E-state index in [0.717, 1.165) is 17.0 Å². The van der Waals surface area contributed by atoms with Crippen molar-refractivity contribution in [2.75, 3.05) is 5.32 Å². The van der Waals surface area contributed by atoms with Crippen molar-refractivity contribution in [1.82, 2.24) is 14.6 Å². The number of anilines is 1. The van der Waals surface area contributed by atoms with Crippen LogP contribution < -0.4 is 5.32 Å². The molecule has 0 aliphatic carbocycles. The quantitative estimate of drug-likeness (QED) is 0.733. The van der Waals surface area contributed by atoms with Gasteiger partial charge in [-0.2, -0.15) is 0 Å². The number of rotatable bonds is 1. The summed E-state index contributed by atoms with van der Waals surface area (Å²) in [7, 11) is 0. The number of nitrogens with zero attached hydrogens (tertiary/aromatic N) is 3. The van der Waals surface area contributed by atoms with Gasteiger partial charge in [0, 0.05) is 34.3 Å². The van der Waals surface area contributed by atoms with Gasteiger partial charge in [-0.05, 0) is 37.6 Å². The molecule has 0 saturated heterocycles. The monoisotopic (exact) mass is 344 g/mol. The Morgan fingerprint density at radius 3 is 2.88 bits per heavy atom. The summed E-state index contributed by atoms with van der Waals surface area (Å²) in [6, 6.07) is 6.16. The number of hydrogen-bond donors (Lipinski definition) is 1. The van der Waals surface area contributed by atoms with Crippen molar-refractivity contribution in [3.8, 4) is 0 Å². The van der Waals surface area contributed by atoms with E-state index in [4.69, 9.17) is 11.6 Å². The van der Waals surface area contributed by atoms with E-state index in [1.807, 2.05) is 19.9 Å². The third-order valence-electron chi connectivity index (χ3n) is 4.26. The zero-order valence-electron chi connectivity index (χ0n) is 13.1. The van der Waals surface area contributed by atoms with Crippen LogP contribution in [0.4, 0.5) is 10.2 Å². The Morgan fingerprint density at radius 1 is 1.33 bits per heavy atom. The van der Waals surface area contributed by atoms with Crippen LogP contribution in [-0.4, -0.2) is 20.5 Å². The summed E-state index contributed by atoms with van der Waals surface area (Å²) in [6.07, 6.45) is 0.217. The molecule has 3 heterocycles. The minimum atomic E-state index is -0.408. The van der Waals surface area contributed by atoms with E-state index in [0.29, 0.717) is 22.1 Å². The Bertz CT molecular complexity index is 998. The molecule has 1 amide bonds. The molecule has 1 N–H and O–H groups in total. The van der Waals surface area contributed by atoms with Crippen LogP contribution in [0.15, 0.2) is 24.3 Å². The number of nitrogens with one attached hydrogen (secondary N) is 1. The van der Waals surface area contributed by atoms with E-state index in [-0.39, 0.29) is 18.2 Å². The number of aromatic nitrogens is 3. The van der Waals surface area contributed by atoms with Crippen molar-refractivity contribution in [1.29, 1.82) is 0 Å². The van der Waals surface area contributed by atoms with E-state index in [9.17, 15) is 9.18 Å². The Morgan fingerprint density at radius 2 is 2.12 bits per heavy atom. The first-order chi connectivity index (χ1) is 11.4. The highest BCUT2D eigenvalue weighted by Gasteiger charge is 2.33. The lowest BCUT2D eigenvalue weighted by atomic mass is 9.87. The van der Waals surface area contributed by atoms with Crippen molar-refractivity contribution < 1.29 is 9.18 Å². The largest absolute Gasteiger partial charge is 0.309 e. The Hall–Kier alpha value is -2.47. The fourth-order valence-electron chi connectivity index (χ4n) is 3.27. The first-order valence-electron chi connectivity index (χ1n) is 7.55. The van der Waals surface area contributed by atoms with Gasteiger partial charge in [0.1, 0.15) is 5.82 Å². The SMILES string of the molecule is Cc1cc(C)n2nc3c(c2n1)C(c1ccc(F)cc1Cl)CC(=O)N3. The van der Waals surface area contributed by atoms with Gasteiger partial charge in [0.05, 0.1) is 0 Å². The molecule has 1 aliphatic rings. The van der Waals surface area contributed by atoms with E-state index in [1.54, 1.807) is 10.6 Å². The predicted octanol–water partition coefficient (Wildman–Crippen LogP) is 3.61. The second kappa shape index (κ2) is 5.27. The van der Waals surface area contributed by atoms with Crippen LogP contribution in [0.3, 0.4) is 0 Å². The third-order valence-corrected chi connectivity index (χ3v) is 4.59. The first kappa shape index (κ1) is 15.1. The van der Waals surface area contributed by atoms with Crippen molar-refractivity contribution in [3.05, 3.63) is 57.6 Å².